The second kappa shape index (κ2) is 2.85. The average molecular weight is 210 g/mol. The Hall–Kier alpha value is -1.29. The lowest BCUT2D eigenvalue weighted by atomic mass is 10.0. The molecule has 1 aromatic carbocycles. The number of benzene rings is 1. The molecule has 15 heavy (non-hydrogen) atoms. The maximum absolute atomic E-state index is 12.8. The van der Waals surface area contributed by atoms with Crippen molar-refractivity contribution in [3.63, 3.8) is 0 Å². The maximum atomic E-state index is 12.8. The summed E-state index contributed by atoms with van der Waals surface area (Å²) in [5, 5.41) is 9.98. The van der Waals surface area contributed by atoms with E-state index in [4.69, 9.17) is 9.47 Å². The van der Waals surface area contributed by atoms with Gasteiger partial charge in [-0.2, -0.15) is 0 Å². The first kappa shape index (κ1) is 8.97. The van der Waals surface area contributed by atoms with E-state index in [1.807, 2.05) is 0 Å². The topological polar surface area (TPSA) is 38.7 Å². The monoisotopic (exact) mass is 210 g/mol. The van der Waals surface area contributed by atoms with Crippen LogP contribution in [0.25, 0.3) is 0 Å². The first-order valence-electron chi connectivity index (χ1n) is 4.94. The highest BCUT2D eigenvalue weighted by Crippen LogP contribution is 2.49. The second-order valence-corrected chi connectivity index (χ2v) is 4.03. The van der Waals surface area contributed by atoms with Crippen LogP contribution in [0.1, 0.15) is 24.0 Å². The van der Waals surface area contributed by atoms with Gasteiger partial charge in [0, 0.05) is 0 Å². The molecule has 1 heterocycles. The highest BCUT2D eigenvalue weighted by molar-refractivity contribution is 5.51. The molecule has 4 heteroatoms. The van der Waals surface area contributed by atoms with Crippen LogP contribution in [0.2, 0.25) is 0 Å². The molecular formula is C11H11FO3. The molecule has 80 valence electrons. The van der Waals surface area contributed by atoms with Crippen molar-refractivity contribution in [1.29, 1.82) is 0 Å². The Bertz CT molecular complexity index is 413. The van der Waals surface area contributed by atoms with Gasteiger partial charge >= 0.3 is 0 Å². The third-order valence-electron chi connectivity index (χ3n) is 2.97. The number of fused-ring (bicyclic) bond motifs is 1. The van der Waals surface area contributed by atoms with Gasteiger partial charge in [0.25, 0.3) is 0 Å². The molecule has 1 saturated carbocycles. The Morgan fingerprint density at radius 3 is 2.53 bits per heavy atom. The van der Waals surface area contributed by atoms with Crippen LogP contribution in [-0.4, -0.2) is 11.9 Å². The van der Waals surface area contributed by atoms with Gasteiger partial charge in [-0.05, 0) is 36.1 Å². The molecule has 0 unspecified atom stereocenters. The maximum Gasteiger partial charge on any atom is 0.231 e. The minimum Gasteiger partial charge on any atom is -0.454 e. The lowest BCUT2D eigenvalue weighted by Gasteiger charge is -2.13. The Kier molecular flexibility index (Phi) is 1.71. The third kappa shape index (κ3) is 1.28. The molecule has 0 bridgehead atoms. The van der Waals surface area contributed by atoms with Crippen molar-refractivity contribution in [2.75, 3.05) is 6.79 Å². The highest BCUT2D eigenvalue weighted by atomic mass is 19.1. The fourth-order valence-corrected chi connectivity index (χ4v) is 1.92. The van der Waals surface area contributed by atoms with Crippen molar-refractivity contribution in [3.8, 4) is 11.5 Å². The van der Waals surface area contributed by atoms with E-state index in [0.717, 1.165) is 0 Å². The minimum atomic E-state index is -0.831. The molecule has 1 fully saturated rings. The summed E-state index contributed by atoms with van der Waals surface area (Å²) in [5.41, 5.74) is 0.316. The van der Waals surface area contributed by atoms with Gasteiger partial charge in [-0.25, -0.2) is 4.39 Å². The highest BCUT2D eigenvalue weighted by Gasteiger charge is 2.44. The van der Waals surface area contributed by atoms with Crippen molar-refractivity contribution in [2.45, 2.75) is 25.1 Å². The van der Waals surface area contributed by atoms with Gasteiger partial charge in [0.05, 0.1) is 5.60 Å². The van der Waals surface area contributed by atoms with Crippen LogP contribution in [0.15, 0.2) is 12.1 Å². The Morgan fingerprint density at radius 1 is 1.27 bits per heavy atom. The van der Waals surface area contributed by atoms with Gasteiger partial charge in [-0.3, -0.25) is 0 Å². The quantitative estimate of drug-likeness (QED) is 0.809. The molecule has 2 aliphatic rings. The number of ether oxygens (including phenoxy) is 2. The van der Waals surface area contributed by atoms with Gasteiger partial charge in [-0.15, -0.1) is 0 Å². The molecule has 1 aromatic rings. The molecule has 1 N–H and O–H groups in total. The fourth-order valence-electron chi connectivity index (χ4n) is 1.92. The lowest BCUT2D eigenvalue weighted by Crippen LogP contribution is -2.07. The summed E-state index contributed by atoms with van der Waals surface area (Å²) < 4.78 is 23.2. The van der Waals surface area contributed by atoms with Crippen molar-refractivity contribution >= 4 is 0 Å². The van der Waals surface area contributed by atoms with Crippen LogP contribution in [0.5, 0.6) is 11.5 Å². The number of alkyl halides is 1. The zero-order chi connectivity index (χ0) is 10.5. The smallest absolute Gasteiger partial charge is 0.231 e. The predicted molar refractivity (Wildman–Crippen MR) is 50.5 cm³/mol. The molecular weight excluding hydrogens is 199 g/mol. The van der Waals surface area contributed by atoms with Crippen molar-refractivity contribution in [3.05, 3.63) is 23.3 Å². The molecule has 3 nitrogen and oxygen atoms in total. The first-order valence-corrected chi connectivity index (χ1v) is 4.94. The first-order chi connectivity index (χ1) is 7.23. The molecule has 1 aliphatic carbocycles. The summed E-state index contributed by atoms with van der Waals surface area (Å²) in [6, 6.07) is 3.32. The number of hydrogen-bond donors (Lipinski definition) is 1. The molecule has 3 rings (SSSR count). The predicted octanol–water partition coefficient (Wildman–Crippen LogP) is 1.87. The van der Waals surface area contributed by atoms with Crippen LogP contribution in [0.4, 0.5) is 4.39 Å². The normalized spacial score (nSPS) is 20.4. The number of rotatable bonds is 2. The van der Waals surface area contributed by atoms with Crippen LogP contribution in [-0.2, 0) is 12.3 Å². The van der Waals surface area contributed by atoms with Crippen LogP contribution >= 0.6 is 0 Å². The number of hydrogen-bond acceptors (Lipinski definition) is 3. The molecule has 0 amide bonds. The fraction of sp³-hybridized carbons (Fsp3) is 0.455. The average Bonchev–Trinajstić information content (AvgIpc) is 2.83. The molecule has 0 saturated heterocycles. The van der Waals surface area contributed by atoms with Crippen LogP contribution in [0, 0.1) is 0 Å². The van der Waals surface area contributed by atoms with Gasteiger partial charge < -0.3 is 14.6 Å². The van der Waals surface area contributed by atoms with E-state index in [1.54, 1.807) is 12.1 Å². The second-order valence-electron chi connectivity index (χ2n) is 4.03. The zero-order valence-corrected chi connectivity index (χ0v) is 8.12. The SMILES string of the molecule is OC1(c2cc3c(cc2CF)OCO3)CC1. The van der Waals surface area contributed by atoms with E-state index < -0.39 is 12.3 Å². The van der Waals surface area contributed by atoms with E-state index >= 15 is 0 Å². The largest absolute Gasteiger partial charge is 0.454 e. The van der Waals surface area contributed by atoms with Crippen molar-refractivity contribution in [2.24, 2.45) is 0 Å². The zero-order valence-electron chi connectivity index (χ0n) is 8.12. The summed E-state index contributed by atoms with van der Waals surface area (Å²) in [6.07, 6.45) is 1.39. The minimum absolute atomic E-state index is 0.170. The van der Waals surface area contributed by atoms with E-state index in [2.05, 4.69) is 0 Å². The van der Waals surface area contributed by atoms with E-state index in [-0.39, 0.29) is 6.79 Å². The summed E-state index contributed by atoms with van der Waals surface area (Å²) >= 11 is 0. The van der Waals surface area contributed by atoms with Crippen LogP contribution in [0.3, 0.4) is 0 Å². The van der Waals surface area contributed by atoms with Gasteiger partial charge in [0.15, 0.2) is 11.5 Å². The Labute approximate surface area is 86.4 Å². The molecule has 1 aliphatic heterocycles. The standard InChI is InChI=1S/C11H11FO3/c12-5-7-3-9-10(15-6-14-9)4-8(7)11(13)1-2-11/h3-4,13H,1-2,5-6H2. The summed E-state index contributed by atoms with van der Waals surface area (Å²) in [6.45, 7) is -0.419. The number of aliphatic hydroxyl groups is 1. The van der Waals surface area contributed by atoms with Gasteiger partial charge in [-0.1, -0.05) is 0 Å². The lowest BCUT2D eigenvalue weighted by molar-refractivity contribution is 0.149. The van der Waals surface area contributed by atoms with Gasteiger partial charge in [0.1, 0.15) is 6.67 Å². The van der Waals surface area contributed by atoms with E-state index in [1.165, 1.54) is 0 Å². The van der Waals surface area contributed by atoms with E-state index in [0.29, 0.717) is 35.5 Å². The van der Waals surface area contributed by atoms with Crippen LogP contribution < -0.4 is 9.47 Å². The molecule has 0 aromatic heterocycles. The van der Waals surface area contributed by atoms with Crippen molar-refractivity contribution < 1.29 is 19.0 Å². The number of halogens is 1. The summed E-state index contributed by atoms with van der Waals surface area (Å²) in [7, 11) is 0. The van der Waals surface area contributed by atoms with E-state index in [9.17, 15) is 9.50 Å². The molecule has 0 radical (unpaired) electrons. The Balaban J connectivity index is 2.12. The Morgan fingerprint density at radius 2 is 1.93 bits per heavy atom. The summed E-state index contributed by atoms with van der Waals surface area (Å²) in [5.74, 6) is 1.16. The third-order valence-corrected chi connectivity index (χ3v) is 2.97. The van der Waals surface area contributed by atoms with Gasteiger partial charge in [0.2, 0.25) is 6.79 Å². The molecule has 0 atom stereocenters. The summed E-state index contributed by atoms with van der Waals surface area (Å²) in [4.78, 5) is 0. The van der Waals surface area contributed by atoms with Crippen molar-refractivity contribution in [1.82, 2.24) is 0 Å². The molecule has 0 spiro atoms.